The van der Waals surface area contributed by atoms with Gasteiger partial charge in [-0.3, -0.25) is 4.98 Å². The van der Waals surface area contributed by atoms with Crippen LogP contribution in [0.3, 0.4) is 0 Å². The lowest BCUT2D eigenvalue weighted by atomic mass is 10.3. The summed E-state index contributed by atoms with van der Waals surface area (Å²) in [7, 11) is 0. The van der Waals surface area contributed by atoms with Gasteiger partial charge in [-0.15, -0.1) is 0 Å². The largest absolute Gasteiger partial charge is 0.264 e. The molecule has 0 saturated heterocycles. The van der Waals surface area contributed by atoms with Gasteiger partial charge in [-0.1, -0.05) is 38.2 Å². The van der Waals surface area contributed by atoms with Crippen LogP contribution in [-0.2, 0) is 0 Å². The molecule has 1 nitrogen and oxygen atoms in total. The molecule has 68 valence electrons. The molecule has 0 bridgehead atoms. The molecule has 0 atom stereocenters. The molecule has 0 unspecified atom stereocenters. The van der Waals surface area contributed by atoms with Crippen LogP contribution in [0.2, 0.25) is 0 Å². The second kappa shape index (κ2) is 5.31. The fraction of sp³-hybridized carbons (Fsp3) is 0.250. The van der Waals surface area contributed by atoms with E-state index in [0.29, 0.717) is 0 Å². The van der Waals surface area contributed by atoms with E-state index >= 15 is 0 Å². The zero-order valence-electron chi connectivity index (χ0n) is 8.20. The Labute approximate surface area is 79.1 Å². The topological polar surface area (TPSA) is 12.9 Å². The first-order valence-electron chi connectivity index (χ1n) is 4.74. The summed E-state index contributed by atoms with van der Waals surface area (Å²) in [6.45, 7) is 4.00. The number of hydrogen-bond donors (Lipinski definition) is 0. The molecule has 2 rings (SSSR count). The van der Waals surface area contributed by atoms with E-state index in [2.05, 4.69) is 29.3 Å². The van der Waals surface area contributed by atoms with Gasteiger partial charge in [0.15, 0.2) is 0 Å². The fourth-order valence-corrected chi connectivity index (χ4v) is 1.19. The highest BCUT2D eigenvalue weighted by Crippen LogP contribution is 1.87. The van der Waals surface area contributed by atoms with Crippen LogP contribution < -0.4 is 10.4 Å². The molecule has 0 aromatic carbocycles. The highest BCUT2D eigenvalue weighted by molar-refractivity contribution is 5.43. The Balaban J connectivity index is 0.000000396. The van der Waals surface area contributed by atoms with Crippen molar-refractivity contribution in [1.29, 1.82) is 0 Å². The first-order valence-corrected chi connectivity index (χ1v) is 4.74. The normalized spacial score (nSPS) is 12.5. The van der Waals surface area contributed by atoms with E-state index < -0.39 is 0 Å². The van der Waals surface area contributed by atoms with Crippen molar-refractivity contribution in [1.82, 2.24) is 4.98 Å². The summed E-state index contributed by atoms with van der Waals surface area (Å²) in [4.78, 5) is 4.06. The molecule has 13 heavy (non-hydrogen) atoms. The molecule has 0 aliphatic heterocycles. The van der Waals surface area contributed by atoms with Crippen LogP contribution in [0.4, 0.5) is 0 Å². The standard InChI is InChI=1S/C10H9N.C2H6/c1-2-4-9-6-7-11-8-10(9)5-3-1;1-2/h1-2,4-8H,3H2;1-2H3. The SMILES string of the molecule is C1=CCC=c2cnccc2=C1.CC. The van der Waals surface area contributed by atoms with Crippen LogP contribution in [0.5, 0.6) is 0 Å². The van der Waals surface area contributed by atoms with E-state index in [0.717, 1.165) is 6.42 Å². The Morgan fingerprint density at radius 3 is 2.92 bits per heavy atom. The first kappa shape index (κ1) is 9.72. The predicted molar refractivity (Wildman–Crippen MR) is 57.5 cm³/mol. The van der Waals surface area contributed by atoms with Crippen LogP contribution in [-0.4, -0.2) is 4.98 Å². The van der Waals surface area contributed by atoms with E-state index in [-0.39, 0.29) is 0 Å². The lowest BCUT2D eigenvalue weighted by Crippen LogP contribution is -2.23. The van der Waals surface area contributed by atoms with Crippen molar-refractivity contribution in [2.24, 2.45) is 0 Å². The van der Waals surface area contributed by atoms with Gasteiger partial charge in [-0.05, 0) is 22.9 Å². The average Bonchev–Trinajstić information content (AvgIpc) is 2.45. The summed E-state index contributed by atoms with van der Waals surface area (Å²) >= 11 is 0. The third kappa shape index (κ3) is 2.55. The minimum absolute atomic E-state index is 1.01. The monoisotopic (exact) mass is 173 g/mol. The van der Waals surface area contributed by atoms with Crippen LogP contribution in [0.15, 0.2) is 30.6 Å². The number of fused-ring (bicyclic) bond motifs is 1. The molecule has 0 saturated carbocycles. The predicted octanol–water partition coefficient (Wildman–Crippen LogP) is 1.63. The number of pyridine rings is 1. The highest BCUT2D eigenvalue weighted by atomic mass is 14.6. The third-order valence-corrected chi connectivity index (χ3v) is 1.77. The van der Waals surface area contributed by atoms with E-state index in [1.165, 1.54) is 10.4 Å². The first-order chi connectivity index (χ1) is 6.47. The summed E-state index contributed by atoms with van der Waals surface area (Å²) in [6.07, 6.45) is 13.3. The zero-order valence-corrected chi connectivity index (χ0v) is 8.20. The van der Waals surface area contributed by atoms with Gasteiger partial charge < -0.3 is 0 Å². The minimum Gasteiger partial charge on any atom is -0.264 e. The Hall–Kier alpha value is -1.37. The quantitative estimate of drug-likeness (QED) is 0.581. The van der Waals surface area contributed by atoms with Crippen molar-refractivity contribution >= 4 is 12.2 Å². The van der Waals surface area contributed by atoms with E-state index in [4.69, 9.17) is 0 Å². The highest BCUT2D eigenvalue weighted by Gasteiger charge is 1.85. The van der Waals surface area contributed by atoms with E-state index in [1.807, 2.05) is 32.3 Å². The molecule has 0 fully saturated rings. The molecule has 0 spiro atoms. The Morgan fingerprint density at radius 1 is 1.23 bits per heavy atom. The maximum absolute atomic E-state index is 4.06. The van der Waals surface area contributed by atoms with Crippen molar-refractivity contribution in [3.05, 3.63) is 41.0 Å². The van der Waals surface area contributed by atoms with E-state index in [9.17, 15) is 0 Å². The van der Waals surface area contributed by atoms with Gasteiger partial charge in [0, 0.05) is 12.4 Å². The molecular weight excluding hydrogens is 158 g/mol. The second-order valence-electron chi connectivity index (χ2n) is 2.54. The molecule has 1 aliphatic rings. The van der Waals surface area contributed by atoms with Crippen LogP contribution in [0.25, 0.3) is 12.2 Å². The number of rotatable bonds is 0. The smallest absolute Gasteiger partial charge is 0.0343 e. The summed E-state index contributed by atoms with van der Waals surface area (Å²) in [5, 5.41) is 2.49. The van der Waals surface area contributed by atoms with Crippen LogP contribution in [0.1, 0.15) is 20.3 Å². The lowest BCUT2D eigenvalue weighted by Gasteiger charge is -1.84. The Kier molecular flexibility index (Phi) is 3.97. The van der Waals surface area contributed by atoms with Crippen molar-refractivity contribution in [2.75, 3.05) is 0 Å². The number of allylic oxidation sites excluding steroid dienone is 2. The van der Waals surface area contributed by atoms with Crippen molar-refractivity contribution < 1.29 is 0 Å². The summed E-state index contributed by atoms with van der Waals surface area (Å²) in [6, 6.07) is 2.03. The molecule has 0 amide bonds. The van der Waals surface area contributed by atoms with Gasteiger partial charge in [-0.2, -0.15) is 0 Å². The van der Waals surface area contributed by atoms with Crippen LogP contribution >= 0.6 is 0 Å². The molecule has 1 heteroatoms. The summed E-state index contributed by atoms with van der Waals surface area (Å²) in [5.41, 5.74) is 0. The average molecular weight is 173 g/mol. The van der Waals surface area contributed by atoms with Crippen molar-refractivity contribution in [2.45, 2.75) is 20.3 Å². The third-order valence-electron chi connectivity index (χ3n) is 1.77. The molecule has 1 aliphatic carbocycles. The number of hydrogen-bond acceptors (Lipinski definition) is 1. The number of nitrogens with zero attached hydrogens (tertiary/aromatic N) is 1. The Bertz CT molecular complexity index is 388. The van der Waals surface area contributed by atoms with Gasteiger partial charge in [-0.25, -0.2) is 0 Å². The van der Waals surface area contributed by atoms with Crippen LogP contribution in [0, 0.1) is 0 Å². The molecule has 1 aromatic heterocycles. The number of aromatic nitrogens is 1. The maximum atomic E-state index is 4.06. The maximum Gasteiger partial charge on any atom is 0.0343 e. The minimum atomic E-state index is 1.01. The van der Waals surface area contributed by atoms with Gasteiger partial charge in [0.05, 0.1) is 0 Å². The van der Waals surface area contributed by atoms with Gasteiger partial charge >= 0.3 is 0 Å². The van der Waals surface area contributed by atoms with Crippen molar-refractivity contribution in [3.8, 4) is 0 Å². The lowest BCUT2D eigenvalue weighted by molar-refractivity contribution is 1.27. The van der Waals surface area contributed by atoms with Gasteiger partial charge in [0.1, 0.15) is 0 Å². The Morgan fingerprint density at radius 2 is 2.08 bits per heavy atom. The molecule has 1 heterocycles. The van der Waals surface area contributed by atoms with Gasteiger partial charge in [0.2, 0.25) is 0 Å². The van der Waals surface area contributed by atoms with E-state index in [1.54, 1.807) is 0 Å². The summed E-state index contributed by atoms with van der Waals surface area (Å²) in [5.74, 6) is 0. The molecule has 0 radical (unpaired) electrons. The molecule has 1 aromatic rings. The fourth-order valence-electron chi connectivity index (χ4n) is 1.19. The zero-order chi connectivity index (χ0) is 9.52. The van der Waals surface area contributed by atoms with Crippen molar-refractivity contribution in [3.63, 3.8) is 0 Å². The second-order valence-corrected chi connectivity index (χ2v) is 2.54. The summed E-state index contributed by atoms with van der Waals surface area (Å²) < 4.78 is 0. The molecule has 0 N–H and O–H groups in total. The molecular formula is C12H15N. The van der Waals surface area contributed by atoms with Gasteiger partial charge in [0.25, 0.3) is 0 Å².